The van der Waals surface area contributed by atoms with E-state index in [1.54, 1.807) is 36.6 Å². The number of amides is 2. The molecule has 3 rings (SSSR count). The Labute approximate surface area is 255 Å². The number of carboxylic acids is 1. The minimum Gasteiger partial charge on any atom is -0.481 e. The summed E-state index contributed by atoms with van der Waals surface area (Å²) in [5.41, 5.74) is 1.03. The summed E-state index contributed by atoms with van der Waals surface area (Å²) >= 11 is 3.04. The van der Waals surface area contributed by atoms with E-state index in [4.69, 9.17) is 4.74 Å². The Hall–Kier alpha value is -3.06. The highest BCUT2D eigenvalue weighted by atomic mass is 32.2. The molecule has 0 bridgehead atoms. The Kier molecular flexibility index (Phi) is 12.3. The van der Waals surface area contributed by atoms with Crippen molar-refractivity contribution in [1.29, 1.82) is 0 Å². The van der Waals surface area contributed by atoms with E-state index in [9.17, 15) is 24.3 Å². The number of thiazole rings is 1. The summed E-state index contributed by atoms with van der Waals surface area (Å²) in [7, 11) is 1.79. The highest BCUT2D eigenvalue weighted by molar-refractivity contribution is 8.00. The standard InChI is InChI=1S/C29H41N5O6S2/c1-16(2)23(34(6)26(36)8-20-13-41-14-20)10-24(40-19(5)35)28-33-22(15-42-28)27(37)32-21(7-18(4)29(38)39)9-25-30-11-17(3)12-31-25/h11-12,15-16,18,20-21,23-24H,7-10,13-14H2,1-6H3,(H,32,37)(H,38,39)/t18-,21?,23?,24?/m0/s1. The third-order valence-electron chi connectivity index (χ3n) is 7.28. The number of hydrogen-bond acceptors (Lipinski definition) is 10. The van der Waals surface area contributed by atoms with Crippen molar-refractivity contribution in [3.05, 3.63) is 39.9 Å². The number of esters is 1. The average molecular weight is 620 g/mol. The topological polar surface area (TPSA) is 152 Å². The summed E-state index contributed by atoms with van der Waals surface area (Å²) in [5.74, 6) is 0.444. The van der Waals surface area contributed by atoms with Gasteiger partial charge in [-0.05, 0) is 42.2 Å². The second-order valence-corrected chi connectivity index (χ2v) is 13.3. The molecule has 1 saturated heterocycles. The molecule has 0 radical (unpaired) electrons. The van der Waals surface area contributed by atoms with Crippen LogP contribution in [-0.4, -0.2) is 79.3 Å². The van der Waals surface area contributed by atoms with Crippen LogP contribution in [-0.2, 0) is 25.5 Å². The van der Waals surface area contributed by atoms with E-state index < -0.39 is 35.9 Å². The molecule has 230 valence electrons. The average Bonchev–Trinajstić information content (AvgIpc) is 3.39. The molecule has 0 saturated carbocycles. The fourth-order valence-electron chi connectivity index (χ4n) is 4.74. The second-order valence-electron chi connectivity index (χ2n) is 11.4. The molecule has 2 aromatic rings. The third-order valence-corrected chi connectivity index (χ3v) is 9.63. The lowest BCUT2D eigenvalue weighted by Crippen LogP contribution is -2.43. The van der Waals surface area contributed by atoms with Crippen molar-refractivity contribution in [3.63, 3.8) is 0 Å². The number of thioether (sulfide) groups is 1. The van der Waals surface area contributed by atoms with Gasteiger partial charge in [0.15, 0.2) is 6.10 Å². The molecule has 11 nitrogen and oxygen atoms in total. The van der Waals surface area contributed by atoms with Gasteiger partial charge in [-0.1, -0.05) is 20.8 Å². The first kappa shape index (κ1) is 33.4. The lowest BCUT2D eigenvalue weighted by molar-refractivity contribution is -0.148. The van der Waals surface area contributed by atoms with Gasteiger partial charge in [-0.15, -0.1) is 11.3 Å². The van der Waals surface area contributed by atoms with Crippen LogP contribution in [0.15, 0.2) is 17.8 Å². The second kappa shape index (κ2) is 15.4. The highest BCUT2D eigenvalue weighted by Crippen LogP contribution is 2.32. The number of ether oxygens (including phenoxy) is 1. The Morgan fingerprint density at radius 2 is 1.81 bits per heavy atom. The summed E-state index contributed by atoms with van der Waals surface area (Å²) in [6.07, 6.45) is 3.89. The van der Waals surface area contributed by atoms with Gasteiger partial charge in [-0.2, -0.15) is 11.8 Å². The fourth-order valence-corrected chi connectivity index (χ4v) is 6.38. The molecule has 0 aliphatic carbocycles. The van der Waals surface area contributed by atoms with Crippen LogP contribution in [0.3, 0.4) is 0 Å². The van der Waals surface area contributed by atoms with Gasteiger partial charge in [0.2, 0.25) is 5.91 Å². The fraction of sp³-hybridized carbons (Fsp3) is 0.621. The number of rotatable bonds is 15. The molecule has 4 atom stereocenters. The van der Waals surface area contributed by atoms with E-state index in [1.165, 1.54) is 18.3 Å². The summed E-state index contributed by atoms with van der Waals surface area (Å²) in [6.45, 7) is 8.82. The van der Waals surface area contributed by atoms with Crippen LogP contribution in [0, 0.1) is 24.7 Å². The first-order valence-corrected chi connectivity index (χ1v) is 16.1. The van der Waals surface area contributed by atoms with Gasteiger partial charge in [-0.25, -0.2) is 15.0 Å². The quantitative estimate of drug-likeness (QED) is 0.281. The minimum atomic E-state index is -0.964. The Morgan fingerprint density at radius 1 is 1.14 bits per heavy atom. The maximum absolute atomic E-state index is 13.3. The van der Waals surface area contributed by atoms with Gasteiger partial charge in [-0.3, -0.25) is 19.2 Å². The highest BCUT2D eigenvalue weighted by Gasteiger charge is 2.32. The number of carboxylic acid groups (broad SMARTS) is 1. The SMILES string of the molecule is CC(=O)OC(CC(C(C)C)N(C)C(=O)CC1CSC1)c1nc(C(=O)NC(Cc2ncc(C)cn2)C[C@H](C)C(=O)O)cs1. The van der Waals surface area contributed by atoms with Crippen LogP contribution in [0.4, 0.5) is 0 Å². The summed E-state index contributed by atoms with van der Waals surface area (Å²) in [6, 6.07) is -0.744. The lowest BCUT2D eigenvalue weighted by Gasteiger charge is -2.35. The first-order chi connectivity index (χ1) is 19.8. The molecule has 42 heavy (non-hydrogen) atoms. The molecule has 3 heterocycles. The first-order valence-electron chi connectivity index (χ1n) is 14.1. The molecule has 0 aromatic carbocycles. The van der Waals surface area contributed by atoms with Crippen LogP contribution in [0.1, 0.15) is 79.9 Å². The van der Waals surface area contributed by atoms with Gasteiger partial charge < -0.3 is 20.1 Å². The largest absolute Gasteiger partial charge is 0.481 e. The maximum Gasteiger partial charge on any atom is 0.306 e. The molecular weight excluding hydrogens is 578 g/mol. The van der Waals surface area contributed by atoms with E-state index in [1.807, 2.05) is 32.5 Å². The third kappa shape index (κ3) is 9.75. The normalized spacial score (nSPS) is 16.2. The zero-order valence-corrected chi connectivity index (χ0v) is 26.7. The van der Waals surface area contributed by atoms with E-state index in [2.05, 4.69) is 20.3 Å². The number of nitrogens with one attached hydrogen (secondary N) is 1. The molecule has 13 heteroatoms. The molecule has 2 amide bonds. The van der Waals surface area contributed by atoms with Gasteiger partial charge in [0, 0.05) is 63.1 Å². The lowest BCUT2D eigenvalue weighted by atomic mass is 9.95. The van der Waals surface area contributed by atoms with Crippen molar-refractivity contribution in [2.45, 2.75) is 78.5 Å². The zero-order valence-electron chi connectivity index (χ0n) is 25.0. The van der Waals surface area contributed by atoms with Crippen molar-refractivity contribution < 1.29 is 29.0 Å². The molecule has 1 aliphatic rings. The van der Waals surface area contributed by atoms with Crippen molar-refractivity contribution in [2.24, 2.45) is 17.8 Å². The van der Waals surface area contributed by atoms with E-state index in [0.29, 0.717) is 29.6 Å². The number of hydrogen-bond donors (Lipinski definition) is 2. The predicted molar refractivity (Wildman–Crippen MR) is 161 cm³/mol. The molecule has 2 aromatic heterocycles. The number of aromatic nitrogens is 3. The van der Waals surface area contributed by atoms with Crippen LogP contribution in [0.25, 0.3) is 0 Å². The molecular formula is C29H41N5O6S2. The Bertz CT molecular complexity index is 1230. The molecule has 1 aliphatic heterocycles. The molecule has 0 spiro atoms. The zero-order chi connectivity index (χ0) is 31.0. The number of aryl methyl sites for hydroxylation is 1. The smallest absolute Gasteiger partial charge is 0.306 e. The van der Waals surface area contributed by atoms with Gasteiger partial charge >= 0.3 is 11.9 Å². The van der Waals surface area contributed by atoms with Gasteiger partial charge in [0.05, 0.1) is 5.92 Å². The van der Waals surface area contributed by atoms with Crippen molar-refractivity contribution in [2.75, 3.05) is 18.6 Å². The number of carbonyl (C=O) groups is 4. The number of aliphatic carboxylic acids is 1. The van der Waals surface area contributed by atoms with Crippen molar-refractivity contribution >= 4 is 46.9 Å². The van der Waals surface area contributed by atoms with E-state index in [0.717, 1.165) is 17.1 Å². The van der Waals surface area contributed by atoms with Gasteiger partial charge in [0.1, 0.15) is 16.5 Å². The minimum absolute atomic E-state index is 0.0685. The molecule has 2 N–H and O–H groups in total. The summed E-state index contributed by atoms with van der Waals surface area (Å²) in [5, 5.41) is 14.4. The van der Waals surface area contributed by atoms with Crippen LogP contribution >= 0.6 is 23.1 Å². The summed E-state index contributed by atoms with van der Waals surface area (Å²) in [4.78, 5) is 64.7. The predicted octanol–water partition coefficient (Wildman–Crippen LogP) is 3.92. The Morgan fingerprint density at radius 3 is 2.36 bits per heavy atom. The van der Waals surface area contributed by atoms with Crippen molar-refractivity contribution in [1.82, 2.24) is 25.2 Å². The molecule has 3 unspecified atom stereocenters. The Balaban J connectivity index is 1.75. The number of nitrogens with zero attached hydrogens (tertiary/aromatic N) is 4. The number of carbonyl (C=O) groups excluding carboxylic acids is 3. The van der Waals surface area contributed by atoms with Crippen molar-refractivity contribution in [3.8, 4) is 0 Å². The van der Waals surface area contributed by atoms with Gasteiger partial charge in [0.25, 0.3) is 5.91 Å². The van der Waals surface area contributed by atoms with Crippen LogP contribution < -0.4 is 5.32 Å². The summed E-state index contributed by atoms with van der Waals surface area (Å²) < 4.78 is 5.66. The molecule has 1 fully saturated rings. The van der Waals surface area contributed by atoms with E-state index in [-0.39, 0.29) is 36.4 Å². The van der Waals surface area contributed by atoms with E-state index >= 15 is 0 Å². The van der Waals surface area contributed by atoms with Crippen LogP contribution in [0.5, 0.6) is 0 Å². The maximum atomic E-state index is 13.3. The monoisotopic (exact) mass is 619 g/mol. The van der Waals surface area contributed by atoms with Crippen LogP contribution in [0.2, 0.25) is 0 Å².